The minimum absolute atomic E-state index is 0.818. The van der Waals surface area contributed by atoms with Crippen molar-refractivity contribution in [1.82, 2.24) is 10.4 Å². The number of fused-ring (bicyclic) bond motifs is 2. The maximum atomic E-state index is 5.39. The summed E-state index contributed by atoms with van der Waals surface area (Å²) < 4.78 is 5.39. The zero-order chi connectivity index (χ0) is 15.5. The molecule has 0 radical (unpaired) electrons. The minimum Gasteiger partial charge on any atom is -0.379 e. The van der Waals surface area contributed by atoms with Crippen LogP contribution in [0.4, 0.5) is 11.4 Å². The number of nitrogens with zero attached hydrogens (tertiary/aromatic N) is 2. The molecule has 2 aliphatic heterocycles. The molecule has 0 amide bonds. The summed E-state index contributed by atoms with van der Waals surface area (Å²) in [5, 5.41) is 2.26. The van der Waals surface area contributed by atoms with Crippen molar-refractivity contribution in [3.8, 4) is 0 Å². The molecule has 2 aliphatic rings. The molecule has 2 aromatic rings. The normalized spacial score (nSPS) is 17.7. The van der Waals surface area contributed by atoms with E-state index >= 15 is 0 Å². The van der Waals surface area contributed by atoms with Crippen LogP contribution in [0.25, 0.3) is 0 Å². The Morgan fingerprint density at radius 1 is 0.913 bits per heavy atom. The summed E-state index contributed by atoms with van der Waals surface area (Å²) >= 11 is 1.86. The van der Waals surface area contributed by atoms with E-state index in [1.165, 1.54) is 21.2 Å². The van der Waals surface area contributed by atoms with Crippen LogP contribution < -0.4 is 10.3 Å². The Hall–Kier alpha value is -1.53. The Bertz CT molecular complexity index is 627. The molecular formula is C18H21N3OS. The van der Waals surface area contributed by atoms with Gasteiger partial charge in [0.1, 0.15) is 0 Å². The first-order valence-electron chi connectivity index (χ1n) is 8.11. The van der Waals surface area contributed by atoms with Gasteiger partial charge in [-0.05, 0) is 24.3 Å². The van der Waals surface area contributed by atoms with Crippen LogP contribution in [0.15, 0.2) is 58.3 Å². The third-order valence-electron chi connectivity index (χ3n) is 4.21. The van der Waals surface area contributed by atoms with E-state index in [4.69, 9.17) is 4.74 Å². The van der Waals surface area contributed by atoms with Gasteiger partial charge in [0.25, 0.3) is 0 Å². The number of rotatable bonds is 4. The molecule has 0 bridgehead atoms. The average Bonchev–Trinajstić information content (AvgIpc) is 2.62. The molecule has 2 heterocycles. The van der Waals surface area contributed by atoms with Gasteiger partial charge in [-0.15, -0.1) is 0 Å². The minimum atomic E-state index is 0.818. The molecule has 1 N–H and O–H groups in total. The third kappa shape index (κ3) is 3.23. The fourth-order valence-electron chi connectivity index (χ4n) is 3.06. The molecule has 4 nitrogen and oxygen atoms in total. The second kappa shape index (κ2) is 6.93. The number of anilines is 2. The smallest absolute Gasteiger partial charge is 0.0608 e. The summed E-state index contributed by atoms with van der Waals surface area (Å²) in [5.41, 5.74) is 6.15. The largest absolute Gasteiger partial charge is 0.379 e. The highest BCUT2D eigenvalue weighted by atomic mass is 32.2. The Morgan fingerprint density at radius 2 is 1.52 bits per heavy atom. The molecular weight excluding hydrogens is 306 g/mol. The van der Waals surface area contributed by atoms with Crippen LogP contribution in [0.3, 0.4) is 0 Å². The predicted octanol–water partition coefficient (Wildman–Crippen LogP) is 3.13. The third-order valence-corrected chi connectivity index (χ3v) is 5.34. The van der Waals surface area contributed by atoms with Crippen LogP contribution in [-0.2, 0) is 4.74 Å². The molecule has 0 aromatic heterocycles. The van der Waals surface area contributed by atoms with Gasteiger partial charge in [-0.2, -0.15) is 0 Å². The van der Waals surface area contributed by atoms with Crippen molar-refractivity contribution in [2.24, 2.45) is 0 Å². The van der Waals surface area contributed by atoms with Gasteiger partial charge in [0.2, 0.25) is 0 Å². The fraction of sp³-hybridized carbons (Fsp3) is 0.333. The fourth-order valence-corrected chi connectivity index (χ4v) is 4.16. The van der Waals surface area contributed by atoms with Crippen molar-refractivity contribution < 1.29 is 4.74 Å². The quantitative estimate of drug-likeness (QED) is 0.931. The van der Waals surface area contributed by atoms with Crippen molar-refractivity contribution in [3.05, 3.63) is 48.5 Å². The topological polar surface area (TPSA) is 27.7 Å². The molecule has 4 rings (SSSR count). The van der Waals surface area contributed by atoms with Gasteiger partial charge in [0.05, 0.1) is 24.6 Å². The van der Waals surface area contributed by atoms with Gasteiger partial charge in [-0.1, -0.05) is 36.0 Å². The molecule has 1 fully saturated rings. The highest BCUT2D eigenvalue weighted by molar-refractivity contribution is 7.99. The van der Waals surface area contributed by atoms with Crippen LogP contribution in [0, 0.1) is 0 Å². The molecule has 0 spiro atoms. The standard InChI is InChI=1S/C18H21N3OS/c1-3-7-17-15(5-1)21(16-6-2-4-8-18(16)23-17)10-9-19-20-11-13-22-14-12-20/h1-8,19H,9-14H2. The molecule has 2 aromatic carbocycles. The number of para-hydroxylation sites is 2. The lowest BCUT2D eigenvalue weighted by molar-refractivity contribution is 0.0127. The predicted molar refractivity (Wildman–Crippen MR) is 94.4 cm³/mol. The molecule has 0 atom stereocenters. The van der Waals surface area contributed by atoms with E-state index in [2.05, 4.69) is 63.9 Å². The van der Waals surface area contributed by atoms with Crippen LogP contribution in [0.1, 0.15) is 0 Å². The van der Waals surface area contributed by atoms with Crippen LogP contribution in [0.2, 0.25) is 0 Å². The number of benzene rings is 2. The SMILES string of the molecule is c1ccc2c(c1)Sc1ccccc1N2CCNN1CCOCC1. The maximum Gasteiger partial charge on any atom is 0.0608 e. The lowest BCUT2D eigenvalue weighted by Crippen LogP contribution is -2.47. The van der Waals surface area contributed by atoms with Gasteiger partial charge in [0, 0.05) is 36.0 Å². The summed E-state index contributed by atoms with van der Waals surface area (Å²) in [6.07, 6.45) is 0. The summed E-state index contributed by atoms with van der Waals surface area (Å²) in [5.74, 6) is 0. The first-order chi connectivity index (χ1) is 11.4. The summed E-state index contributed by atoms with van der Waals surface area (Å²) in [4.78, 5) is 5.09. The number of ether oxygens (including phenoxy) is 1. The molecule has 0 aliphatic carbocycles. The summed E-state index contributed by atoms with van der Waals surface area (Å²) in [6.45, 7) is 5.43. The van der Waals surface area contributed by atoms with Crippen molar-refractivity contribution >= 4 is 23.1 Å². The van der Waals surface area contributed by atoms with E-state index in [0.29, 0.717) is 0 Å². The number of hydrogen-bond acceptors (Lipinski definition) is 5. The molecule has 23 heavy (non-hydrogen) atoms. The monoisotopic (exact) mass is 327 g/mol. The Labute approximate surface area is 141 Å². The first kappa shape index (κ1) is 15.0. The average molecular weight is 327 g/mol. The molecule has 1 saturated heterocycles. The molecule has 5 heteroatoms. The zero-order valence-corrected chi connectivity index (χ0v) is 13.9. The van der Waals surface area contributed by atoms with Crippen LogP contribution in [0.5, 0.6) is 0 Å². The number of hydrazine groups is 1. The number of morpholine rings is 1. The van der Waals surface area contributed by atoms with Crippen molar-refractivity contribution in [1.29, 1.82) is 0 Å². The lowest BCUT2D eigenvalue weighted by Gasteiger charge is -2.34. The van der Waals surface area contributed by atoms with E-state index < -0.39 is 0 Å². The summed E-state index contributed by atoms with van der Waals surface area (Å²) in [7, 11) is 0. The van der Waals surface area contributed by atoms with Crippen molar-refractivity contribution in [2.45, 2.75) is 9.79 Å². The van der Waals surface area contributed by atoms with E-state index in [9.17, 15) is 0 Å². The Kier molecular flexibility index (Phi) is 4.52. The van der Waals surface area contributed by atoms with E-state index in [-0.39, 0.29) is 0 Å². The Balaban J connectivity index is 1.50. The van der Waals surface area contributed by atoms with Crippen molar-refractivity contribution in [2.75, 3.05) is 44.3 Å². The van der Waals surface area contributed by atoms with Crippen LogP contribution >= 0.6 is 11.8 Å². The molecule has 0 saturated carbocycles. The molecule has 0 unspecified atom stereocenters. The van der Waals surface area contributed by atoms with Gasteiger partial charge in [-0.3, -0.25) is 5.43 Å². The van der Waals surface area contributed by atoms with E-state index in [1.54, 1.807) is 0 Å². The number of hydrogen-bond donors (Lipinski definition) is 1. The Morgan fingerprint density at radius 3 is 2.17 bits per heavy atom. The highest BCUT2D eigenvalue weighted by Gasteiger charge is 2.22. The highest BCUT2D eigenvalue weighted by Crippen LogP contribution is 2.47. The van der Waals surface area contributed by atoms with E-state index in [0.717, 1.165) is 39.4 Å². The zero-order valence-electron chi connectivity index (χ0n) is 13.1. The van der Waals surface area contributed by atoms with Crippen molar-refractivity contribution in [3.63, 3.8) is 0 Å². The van der Waals surface area contributed by atoms with Gasteiger partial charge < -0.3 is 9.64 Å². The second-order valence-electron chi connectivity index (χ2n) is 5.70. The van der Waals surface area contributed by atoms with E-state index in [1.807, 2.05) is 11.8 Å². The van der Waals surface area contributed by atoms with Gasteiger partial charge in [-0.25, -0.2) is 5.01 Å². The number of nitrogens with one attached hydrogen (secondary N) is 1. The molecule has 120 valence electrons. The maximum absolute atomic E-state index is 5.39. The second-order valence-corrected chi connectivity index (χ2v) is 6.78. The first-order valence-corrected chi connectivity index (χ1v) is 8.93. The summed E-state index contributed by atoms with van der Waals surface area (Å²) in [6, 6.07) is 17.3. The lowest BCUT2D eigenvalue weighted by atomic mass is 10.2. The van der Waals surface area contributed by atoms with Gasteiger partial charge in [0.15, 0.2) is 0 Å². The van der Waals surface area contributed by atoms with Crippen LogP contribution in [-0.4, -0.2) is 44.4 Å². The van der Waals surface area contributed by atoms with Gasteiger partial charge >= 0.3 is 0 Å².